The van der Waals surface area contributed by atoms with Gasteiger partial charge < -0.3 is 20.9 Å². The van der Waals surface area contributed by atoms with Gasteiger partial charge in [0.1, 0.15) is 11.8 Å². The van der Waals surface area contributed by atoms with Crippen molar-refractivity contribution in [1.29, 1.82) is 0 Å². The maximum absolute atomic E-state index is 14.9. The number of nitrogens with one attached hydrogen (secondary N) is 1. The molecule has 2 heterocycles. The third kappa shape index (κ3) is 4.45. The number of nitrogens with zero attached hydrogens (tertiary/aromatic N) is 1. The minimum atomic E-state index is -1.52. The van der Waals surface area contributed by atoms with Crippen molar-refractivity contribution in [1.82, 2.24) is 4.98 Å². The molecule has 0 saturated heterocycles. The highest BCUT2D eigenvalue weighted by Gasteiger charge is 2.33. The van der Waals surface area contributed by atoms with E-state index in [1.54, 1.807) is 13.0 Å². The molecule has 1 aliphatic carbocycles. The average Bonchev–Trinajstić information content (AvgIpc) is 2.74. The molecule has 5 N–H and O–H groups in total. The first-order chi connectivity index (χ1) is 14.6. The smallest absolute Gasteiger partial charge is 0.248 e. The van der Waals surface area contributed by atoms with Crippen molar-refractivity contribution in [2.24, 2.45) is 16.6 Å². The molecule has 6 nitrogen and oxygen atoms in total. The average molecular weight is 432 g/mol. The number of aromatic amines is 1. The molecule has 0 aromatic carbocycles. The second-order valence-corrected chi connectivity index (χ2v) is 8.83. The van der Waals surface area contributed by atoms with E-state index >= 15 is 0 Å². The van der Waals surface area contributed by atoms with Crippen LogP contribution in [0, 0.1) is 5.92 Å². The summed E-state index contributed by atoms with van der Waals surface area (Å²) < 4.78 is 14.9. The molecule has 3 rings (SSSR count). The van der Waals surface area contributed by atoms with Crippen molar-refractivity contribution in [2.75, 3.05) is 13.2 Å². The summed E-state index contributed by atoms with van der Waals surface area (Å²) in [6.07, 6.45) is 0.962. The number of aliphatic hydroxyl groups excluding tert-OH is 1. The zero-order chi connectivity index (χ0) is 22.9. The van der Waals surface area contributed by atoms with Crippen LogP contribution in [0.15, 0.2) is 44.2 Å². The van der Waals surface area contributed by atoms with Crippen molar-refractivity contribution in [3.8, 4) is 0 Å². The Labute approximate surface area is 182 Å². The predicted octanol–water partition coefficient (Wildman–Crippen LogP) is 2.89. The Morgan fingerprint density at radius 2 is 2.03 bits per heavy atom. The van der Waals surface area contributed by atoms with Crippen LogP contribution in [-0.2, 0) is 5.60 Å². The molecule has 31 heavy (non-hydrogen) atoms. The lowest BCUT2D eigenvalue weighted by Gasteiger charge is -2.35. The molecule has 4 atom stereocenters. The number of alkyl halides is 1. The molecule has 0 radical (unpaired) electrons. The van der Waals surface area contributed by atoms with E-state index in [9.17, 15) is 19.4 Å². The van der Waals surface area contributed by atoms with Crippen molar-refractivity contribution in [3.05, 3.63) is 56.0 Å². The number of nitrogens with two attached hydrogens (primary N) is 1. The molecule has 0 spiro atoms. The molecule has 1 aromatic heterocycles. The number of hydrogen-bond donors (Lipinski definition) is 4. The normalized spacial score (nSPS) is 29.4. The Bertz CT molecular complexity index is 988. The van der Waals surface area contributed by atoms with E-state index in [2.05, 4.69) is 16.9 Å². The van der Waals surface area contributed by atoms with Gasteiger partial charge in [0, 0.05) is 31.0 Å². The summed E-state index contributed by atoms with van der Waals surface area (Å²) in [5.74, 6) is -0.00905. The summed E-state index contributed by atoms with van der Waals surface area (Å²) in [7, 11) is 0. The number of aliphatic hydroxyl groups is 2. The predicted molar refractivity (Wildman–Crippen MR) is 121 cm³/mol. The van der Waals surface area contributed by atoms with Crippen LogP contribution in [0.25, 0.3) is 0 Å². The fourth-order valence-corrected chi connectivity index (χ4v) is 4.93. The number of halogens is 1. The van der Waals surface area contributed by atoms with Crippen LogP contribution in [0.5, 0.6) is 0 Å². The molecule has 1 aliphatic heterocycles. The maximum Gasteiger partial charge on any atom is 0.248 e. The number of allylic oxidation sites excluding steroid dienone is 3. The number of aromatic nitrogens is 1. The van der Waals surface area contributed by atoms with Crippen LogP contribution in [0.2, 0.25) is 0 Å². The molecular formula is C24H34FN3O3. The van der Waals surface area contributed by atoms with Gasteiger partial charge in [-0.25, -0.2) is 4.39 Å². The SMILES string of the molecule is CC[C@@](O)(CO)c1cc(C2=NCCC(F)/C(C)=C3/CC[C@H](N)C(=C2C)C3C)[nH]c(=O)c1. The lowest BCUT2D eigenvalue weighted by molar-refractivity contribution is -0.0223. The minimum absolute atomic E-state index is 0.00905. The molecule has 1 fully saturated rings. The van der Waals surface area contributed by atoms with Crippen LogP contribution in [0.4, 0.5) is 4.39 Å². The minimum Gasteiger partial charge on any atom is -0.393 e. The van der Waals surface area contributed by atoms with Gasteiger partial charge >= 0.3 is 0 Å². The molecule has 2 bridgehead atoms. The van der Waals surface area contributed by atoms with Gasteiger partial charge in [-0.05, 0) is 61.5 Å². The summed E-state index contributed by atoms with van der Waals surface area (Å²) in [6, 6.07) is 2.78. The lowest BCUT2D eigenvalue weighted by Crippen LogP contribution is -2.35. The molecule has 2 aliphatic rings. The number of aliphatic imine (C=N–C) groups is 1. The third-order valence-electron chi connectivity index (χ3n) is 7.01. The second kappa shape index (κ2) is 9.18. The summed E-state index contributed by atoms with van der Waals surface area (Å²) in [6.45, 7) is 7.38. The zero-order valence-corrected chi connectivity index (χ0v) is 18.8. The van der Waals surface area contributed by atoms with Gasteiger partial charge in [-0.3, -0.25) is 9.79 Å². The van der Waals surface area contributed by atoms with Gasteiger partial charge in [-0.2, -0.15) is 0 Å². The zero-order valence-electron chi connectivity index (χ0n) is 18.8. The number of H-pyrrole nitrogens is 1. The molecule has 1 saturated carbocycles. The Morgan fingerprint density at radius 1 is 1.32 bits per heavy atom. The van der Waals surface area contributed by atoms with E-state index < -0.39 is 23.9 Å². The molecular weight excluding hydrogens is 397 g/mol. The van der Waals surface area contributed by atoms with Gasteiger partial charge in [0.2, 0.25) is 5.56 Å². The van der Waals surface area contributed by atoms with Crippen LogP contribution in [0.3, 0.4) is 0 Å². The standard InChI is InChI=1S/C24H34FN3O3/c1-5-24(31,12-29)16-10-20(28-21(30)11-16)23-15(4)22-14(3)17(6-7-19(22)26)13(2)18(25)8-9-27-23/h10-11,14,18-19,29,31H,5-9,12,26H2,1-4H3,(H,28,30)/b17-13-,22-15?,27-23?/t14?,18?,19-,24+/m0/s1. The van der Waals surface area contributed by atoms with Gasteiger partial charge in [-0.1, -0.05) is 19.4 Å². The highest BCUT2D eigenvalue weighted by molar-refractivity contribution is 6.11. The van der Waals surface area contributed by atoms with Gasteiger partial charge in [0.05, 0.1) is 18.0 Å². The molecule has 170 valence electrons. The van der Waals surface area contributed by atoms with Crippen molar-refractivity contribution in [2.45, 2.75) is 71.2 Å². The Hall–Kier alpha value is -2.09. The van der Waals surface area contributed by atoms with Crippen molar-refractivity contribution >= 4 is 5.71 Å². The first kappa shape index (κ1) is 23.6. The summed E-state index contributed by atoms with van der Waals surface area (Å²) in [4.78, 5) is 19.9. The molecule has 1 aromatic rings. The highest BCUT2D eigenvalue weighted by atomic mass is 19.1. The largest absolute Gasteiger partial charge is 0.393 e. The summed E-state index contributed by atoms with van der Waals surface area (Å²) >= 11 is 0. The van der Waals surface area contributed by atoms with Gasteiger partial charge in [0.15, 0.2) is 0 Å². The van der Waals surface area contributed by atoms with E-state index in [1.165, 1.54) is 6.07 Å². The van der Waals surface area contributed by atoms with E-state index in [-0.39, 0.29) is 31.3 Å². The highest BCUT2D eigenvalue weighted by Crippen LogP contribution is 2.39. The van der Waals surface area contributed by atoms with E-state index in [0.29, 0.717) is 17.0 Å². The molecule has 0 amide bonds. The quantitative estimate of drug-likeness (QED) is 0.549. The van der Waals surface area contributed by atoms with Crippen LogP contribution in [-0.4, -0.2) is 46.3 Å². The monoisotopic (exact) mass is 431 g/mol. The van der Waals surface area contributed by atoms with Gasteiger partial charge in [0.25, 0.3) is 0 Å². The summed E-state index contributed by atoms with van der Waals surface area (Å²) in [5, 5.41) is 20.5. The summed E-state index contributed by atoms with van der Waals surface area (Å²) in [5.41, 5.74) is 9.67. The molecule has 7 heteroatoms. The Balaban J connectivity index is 2.22. The number of pyridine rings is 1. The van der Waals surface area contributed by atoms with E-state index in [1.807, 2.05) is 13.8 Å². The fourth-order valence-electron chi connectivity index (χ4n) is 4.93. The van der Waals surface area contributed by atoms with E-state index in [4.69, 9.17) is 5.73 Å². The maximum atomic E-state index is 14.9. The van der Waals surface area contributed by atoms with Crippen molar-refractivity contribution in [3.63, 3.8) is 0 Å². The van der Waals surface area contributed by atoms with Crippen LogP contribution >= 0.6 is 0 Å². The number of hydrogen-bond acceptors (Lipinski definition) is 5. The Morgan fingerprint density at radius 3 is 2.68 bits per heavy atom. The number of rotatable bonds is 4. The number of fused-ring (bicyclic) bond motifs is 2. The van der Waals surface area contributed by atoms with Crippen LogP contribution in [0.1, 0.15) is 64.6 Å². The fraction of sp³-hybridized carbons (Fsp3) is 0.583. The first-order valence-corrected chi connectivity index (χ1v) is 11.1. The topological polar surface area (TPSA) is 112 Å². The van der Waals surface area contributed by atoms with E-state index in [0.717, 1.165) is 35.1 Å². The molecule has 2 unspecified atom stereocenters. The van der Waals surface area contributed by atoms with Crippen LogP contribution < -0.4 is 11.3 Å². The Kier molecular flexibility index (Phi) is 6.98. The second-order valence-electron chi connectivity index (χ2n) is 8.83. The van der Waals surface area contributed by atoms with Crippen molar-refractivity contribution < 1.29 is 14.6 Å². The lowest BCUT2D eigenvalue weighted by atomic mass is 9.73. The first-order valence-electron chi connectivity index (χ1n) is 11.1. The third-order valence-corrected chi connectivity index (χ3v) is 7.01. The van der Waals surface area contributed by atoms with Gasteiger partial charge in [-0.15, -0.1) is 0 Å².